The lowest BCUT2D eigenvalue weighted by atomic mass is 10.3. The molecule has 18 heavy (non-hydrogen) atoms. The Balaban J connectivity index is 1.97. The van der Waals surface area contributed by atoms with Crippen LogP contribution < -0.4 is 4.74 Å². The van der Waals surface area contributed by atoms with Gasteiger partial charge in [-0.05, 0) is 43.3 Å². The molecule has 0 N–H and O–H groups in total. The van der Waals surface area contributed by atoms with Crippen LogP contribution in [0.4, 0.5) is 0 Å². The minimum absolute atomic E-state index is 0.446. The smallest absolute Gasteiger partial charge is 0.149 e. The van der Waals surface area contributed by atoms with E-state index < -0.39 is 0 Å². The van der Waals surface area contributed by atoms with Crippen molar-refractivity contribution in [1.29, 1.82) is 0 Å². The Morgan fingerprint density at radius 2 is 1.61 bits per heavy atom. The molecule has 0 atom stereocenters. The third-order valence-corrected chi connectivity index (χ3v) is 3.31. The summed E-state index contributed by atoms with van der Waals surface area (Å²) in [4.78, 5) is 2.44. The lowest BCUT2D eigenvalue weighted by molar-refractivity contribution is 0.370. The van der Waals surface area contributed by atoms with Crippen molar-refractivity contribution >= 4 is 11.8 Å². The molecule has 0 saturated heterocycles. The predicted octanol–water partition coefficient (Wildman–Crippen LogP) is 4.24. The minimum atomic E-state index is 0.446. The van der Waals surface area contributed by atoms with Crippen LogP contribution in [-0.2, 0) is 0 Å². The molecule has 0 bridgehead atoms. The largest absolute Gasteiger partial charge is 0.481 e. The van der Waals surface area contributed by atoms with Crippen molar-refractivity contribution in [3.05, 3.63) is 54.6 Å². The van der Waals surface area contributed by atoms with Crippen molar-refractivity contribution in [1.82, 2.24) is 0 Å². The van der Waals surface area contributed by atoms with Crippen molar-refractivity contribution in [2.75, 3.05) is 6.61 Å². The fraction of sp³-hybridized carbons (Fsp3) is 0.125. The third kappa shape index (κ3) is 3.87. The first-order chi connectivity index (χ1) is 8.88. The van der Waals surface area contributed by atoms with E-state index in [-0.39, 0.29) is 0 Å². The standard InChI is InChI=1S/C16H14OS/c1-2-3-13-17-14-9-11-16(12-10-14)18-15-7-5-4-6-8-15/h4-12H,13H2,1H3. The molecular weight excluding hydrogens is 240 g/mol. The fourth-order valence-corrected chi connectivity index (χ4v) is 2.26. The molecule has 0 radical (unpaired) electrons. The summed E-state index contributed by atoms with van der Waals surface area (Å²) in [5.41, 5.74) is 0. The molecule has 0 unspecified atom stereocenters. The molecular formula is C16H14OS. The monoisotopic (exact) mass is 254 g/mol. The van der Waals surface area contributed by atoms with E-state index in [2.05, 4.69) is 36.1 Å². The van der Waals surface area contributed by atoms with Gasteiger partial charge in [0.05, 0.1) is 0 Å². The van der Waals surface area contributed by atoms with Gasteiger partial charge in [-0.3, -0.25) is 0 Å². The Kier molecular flexibility index (Phi) is 4.75. The van der Waals surface area contributed by atoms with Gasteiger partial charge in [-0.15, -0.1) is 5.92 Å². The second-order valence-corrected chi connectivity index (χ2v) is 4.75. The Bertz CT molecular complexity index is 535. The van der Waals surface area contributed by atoms with Gasteiger partial charge in [-0.25, -0.2) is 0 Å². The van der Waals surface area contributed by atoms with Crippen LogP contribution in [0, 0.1) is 11.8 Å². The Morgan fingerprint density at radius 1 is 0.944 bits per heavy atom. The first kappa shape index (κ1) is 12.6. The molecule has 0 fully saturated rings. The van der Waals surface area contributed by atoms with Gasteiger partial charge in [0.25, 0.3) is 0 Å². The normalized spacial score (nSPS) is 9.39. The highest BCUT2D eigenvalue weighted by molar-refractivity contribution is 7.99. The summed E-state index contributed by atoms with van der Waals surface area (Å²) in [5.74, 6) is 6.53. The van der Waals surface area contributed by atoms with E-state index in [4.69, 9.17) is 4.74 Å². The van der Waals surface area contributed by atoms with Crippen LogP contribution in [0.2, 0.25) is 0 Å². The van der Waals surface area contributed by atoms with Crippen molar-refractivity contribution in [2.24, 2.45) is 0 Å². The summed E-state index contributed by atoms with van der Waals surface area (Å²) in [7, 11) is 0. The van der Waals surface area contributed by atoms with Crippen LogP contribution in [0.3, 0.4) is 0 Å². The van der Waals surface area contributed by atoms with E-state index in [9.17, 15) is 0 Å². The van der Waals surface area contributed by atoms with Crippen molar-refractivity contribution < 1.29 is 4.74 Å². The molecule has 0 aromatic heterocycles. The third-order valence-electron chi connectivity index (χ3n) is 2.29. The second-order valence-electron chi connectivity index (χ2n) is 3.60. The summed E-state index contributed by atoms with van der Waals surface area (Å²) in [5, 5.41) is 0. The molecule has 2 aromatic rings. The van der Waals surface area contributed by atoms with E-state index in [1.54, 1.807) is 11.8 Å². The van der Waals surface area contributed by atoms with Gasteiger partial charge in [-0.2, -0.15) is 0 Å². The van der Waals surface area contributed by atoms with Crippen LogP contribution in [0.5, 0.6) is 5.75 Å². The molecule has 90 valence electrons. The van der Waals surface area contributed by atoms with E-state index in [1.165, 1.54) is 9.79 Å². The number of ether oxygens (including phenoxy) is 1. The maximum Gasteiger partial charge on any atom is 0.149 e. The SMILES string of the molecule is CC#CCOc1ccc(Sc2ccccc2)cc1. The summed E-state index contributed by atoms with van der Waals surface area (Å²) in [6.45, 7) is 2.25. The molecule has 0 aliphatic rings. The maximum atomic E-state index is 5.47. The van der Waals surface area contributed by atoms with Crippen LogP contribution in [-0.4, -0.2) is 6.61 Å². The quantitative estimate of drug-likeness (QED) is 0.755. The molecule has 2 heteroatoms. The molecule has 0 aliphatic heterocycles. The van der Waals surface area contributed by atoms with Gasteiger partial charge >= 0.3 is 0 Å². The second kappa shape index (κ2) is 6.78. The van der Waals surface area contributed by atoms with E-state index >= 15 is 0 Å². The predicted molar refractivity (Wildman–Crippen MR) is 76.0 cm³/mol. The van der Waals surface area contributed by atoms with Gasteiger partial charge in [0.15, 0.2) is 0 Å². The highest BCUT2D eigenvalue weighted by Gasteiger charge is 1.97. The Hall–Kier alpha value is -1.85. The lowest BCUT2D eigenvalue weighted by Gasteiger charge is -2.04. The van der Waals surface area contributed by atoms with Crippen LogP contribution in [0.25, 0.3) is 0 Å². The average molecular weight is 254 g/mol. The lowest BCUT2D eigenvalue weighted by Crippen LogP contribution is -1.92. The van der Waals surface area contributed by atoms with Crippen molar-refractivity contribution in [3.63, 3.8) is 0 Å². The molecule has 0 saturated carbocycles. The summed E-state index contributed by atoms with van der Waals surface area (Å²) in [6.07, 6.45) is 0. The first-order valence-electron chi connectivity index (χ1n) is 5.74. The maximum absolute atomic E-state index is 5.47. The zero-order valence-electron chi connectivity index (χ0n) is 10.2. The zero-order chi connectivity index (χ0) is 12.6. The number of rotatable bonds is 4. The van der Waals surface area contributed by atoms with Crippen molar-refractivity contribution in [2.45, 2.75) is 16.7 Å². The number of hydrogen-bond acceptors (Lipinski definition) is 2. The summed E-state index contributed by atoms with van der Waals surface area (Å²) in [6, 6.07) is 18.4. The van der Waals surface area contributed by atoms with E-state index in [0.29, 0.717) is 6.61 Å². The highest BCUT2D eigenvalue weighted by Crippen LogP contribution is 2.28. The minimum Gasteiger partial charge on any atom is -0.481 e. The van der Waals surface area contributed by atoms with Gasteiger partial charge < -0.3 is 4.74 Å². The highest BCUT2D eigenvalue weighted by atomic mass is 32.2. The van der Waals surface area contributed by atoms with E-state index in [1.807, 2.05) is 37.3 Å². The number of benzene rings is 2. The molecule has 1 nitrogen and oxygen atoms in total. The van der Waals surface area contributed by atoms with Crippen LogP contribution >= 0.6 is 11.8 Å². The Labute approximate surface area is 112 Å². The van der Waals surface area contributed by atoms with Gasteiger partial charge in [0.1, 0.15) is 12.4 Å². The molecule has 0 heterocycles. The molecule has 2 rings (SSSR count). The first-order valence-corrected chi connectivity index (χ1v) is 6.55. The Morgan fingerprint density at radius 3 is 2.28 bits per heavy atom. The van der Waals surface area contributed by atoms with E-state index in [0.717, 1.165) is 5.75 Å². The number of hydrogen-bond donors (Lipinski definition) is 0. The van der Waals surface area contributed by atoms with Crippen molar-refractivity contribution in [3.8, 4) is 17.6 Å². The van der Waals surface area contributed by atoms with Gasteiger partial charge in [0, 0.05) is 9.79 Å². The molecule has 0 amide bonds. The summed E-state index contributed by atoms with van der Waals surface area (Å²) < 4.78 is 5.47. The van der Waals surface area contributed by atoms with Gasteiger partial charge in [-0.1, -0.05) is 35.9 Å². The van der Waals surface area contributed by atoms with Crippen LogP contribution in [0.1, 0.15) is 6.92 Å². The summed E-state index contributed by atoms with van der Waals surface area (Å²) >= 11 is 1.74. The topological polar surface area (TPSA) is 9.23 Å². The molecule has 0 spiro atoms. The molecule has 2 aromatic carbocycles. The van der Waals surface area contributed by atoms with Crippen LogP contribution in [0.15, 0.2) is 64.4 Å². The average Bonchev–Trinajstić information content (AvgIpc) is 2.42. The van der Waals surface area contributed by atoms with Gasteiger partial charge in [0.2, 0.25) is 0 Å². The fourth-order valence-electron chi connectivity index (χ4n) is 1.42. The zero-order valence-corrected chi connectivity index (χ0v) is 11.0. The molecule has 0 aliphatic carbocycles.